The molecule has 7 heteroatoms. The number of furan rings is 1. The van der Waals surface area contributed by atoms with Gasteiger partial charge in [-0.25, -0.2) is 0 Å². The molecule has 0 aliphatic carbocycles. The smallest absolute Gasteiger partial charge is 0.270 e. The molecule has 0 saturated carbocycles. The summed E-state index contributed by atoms with van der Waals surface area (Å²) in [6.45, 7) is 1.99. The molecule has 0 spiro atoms. The summed E-state index contributed by atoms with van der Waals surface area (Å²) < 4.78 is 6.87. The van der Waals surface area contributed by atoms with Crippen LogP contribution in [0.5, 0.6) is 0 Å². The van der Waals surface area contributed by atoms with E-state index in [4.69, 9.17) is 4.42 Å². The van der Waals surface area contributed by atoms with E-state index in [1.807, 2.05) is 55.5 Å². The average molecular weight is 413 g/mol. The molecule has 0 bridgehead atoms. The van der Waals surface area contributed by atoms with Crippen LogP contribution in [0.2, 0.25) is 0 Å². The third kappa shape index (κ3) is 5.14. The van der Waals surface area contributed by atoms with Crippen LogP contribution >= 0.6 is 0 Å². The van der Waals surface area contributed by atoms with Crippen molar-refractivity contribution in [3.63, 3.8) is 0 Å². The molecule has 156 valence electrons. The van der Waals surface area contributed by atoms with Gasteiger partial charge in [-0.05, 0) is 47.9 Å². The van der Waals surface area contributed by atoms with Gasteiger partial charge in [0.15, 0.2) is 5.82 Å². The topological polar surface area (TPSA) is 85.8 Å². The average Bonchev–Trinajstić information content (AvgIpc) is 3.49. The summed E-state index contributed by atoms with van der Waals surface area (Å²) in [4.78, 5) is 13.2. The maximum Gasteiger partial charge on any atom is 0.270 e. The summed E-state index contributed by atoms with van der Waals surface area (Å²) in [7, 11) is 0. The number of aryl methyl sites for hydroxylation is 1. The van der Waals surface area contributed by atoms with Crippen molar-refractivity contribution in [1.29, 1.82) is 0 Å². The number of aromatic nitrogens is 4. The molecule has 0 aliphatic heterocycles. The van der Waals surface area contributed by atoms with Crippen LogP contribution in [0, 0.1) is 0 Å². The predicted molar refractivity (Wildman–Crippen MR) is 118 cm³/mol. The second kappa shape index (κ2) is 9.67. The van der Waals surface area contributed by atoms with Crippen LogP contribution in [-0.4, -0.2) is 32.2 Å². The summed E-state index contributed by atoms with van der Waals surface area (Å²) in [6.07, 6.45) is 4.88. The number of hydrogen-bond acceptors (Lipinski definition) is 5. The van der Waals surface area contributed by atoms with Crippen LogP contribution in [-0.2, 0) is 11.2 Å². The van der Waals surface area contributed by atoms with Gasteiger partial charge in [-0.1, -0.05) is 60.7 Å². The fraction of sp³-hybridized carbons (Fsp3) is 0.167. The molecule has 0 fully saturated rings. The second-order valence-electron chi connectivity index (χ2n) is 7.22. The van der Waals surface area contributed by atoms with E-state index < -0.39 is 0 Å². The van der Waals surface area contributed by atoms with Crippen molar-refractivity contribution in [2.24, 2.45) is 0 Å². The van der Waals surface area contributed by atoms with Crippen molar-refractivity contribution in [2.45, 2.75) is 25.8 Å². The highest BCUT2D eigenvalue weighted by Crippen LogP contribution is 2.21. The SMILES string of the molecule is CC(CCc1ccccc1)NC(=O)/C(=C/c1ccco1)n1nnnc1-c1ccccc1. The number of hydrogen-bond donors (Lipinski definition) is 1. The van der Waals surface area contributed by atoms with Crippen LogP contribution in [0.3, 0.4) is 0 Å². The Bertz CT molecular complexity index is 1140. The molecule has 31 heavy (non-hydrogen) atoms. The molecular formula is C24H23N5O2. The minimum Gasteiger partial charge on any atom is -0.465 e. The maximum atomic E-state index is 13.2. The molecule has 1 atom stereocenters. The van der Waals surface area contributed by atoms with Gasteiger partial charge in [0.2, 0.25) is 0 Å². The van der Waals surface area contributed by atoms with Gasteiger partial charge in [0.25, 0.3) is 5.91 Å². The normalized spacial score (nSPS) is 12.5. The Labute approximate surface area is 180 Å². The molecule has 1 amide bonds. The van der Waals surface area contributed by atoms with Gasteiger partial charge in [-0.3, -0.25) is 4.79 Å². The molecule has 0 aliphatic rings. The second-order valence-corrected chi connectivity index (χ2v) is 7.22. The molecule has 1 unspecified atom stereocenters. The molecule has 0 saturated heterocycles. The van der Waals surface area contributed by atoms with Gasteiger partial charge in [0, 0.05) is 17.7 Å². The van der Waals surface area contributed by atoms with Crippen LogP contribution in [0.25, 0.3) is 23.2 Å². The summed E-state index contributed by atoms with van der Waals surface area (Å²) in [5.74, 6) is 0.739. The zero-order chi connectivity index (χ0) is 21.5. The Morgan fingerprint density at radius 3 is 2.52 bits per heavy atom. The molecule has 7 nitrogen and oxygen atoms in total. The molecule has 0 radical (unpaired) electrons. The Morgan fingerprint density at radius 2 is 1.81 bits per heavy atom. The number of nitrogens with zero attached hydrogens (tertiary/aromatic N) is 4. The van der Waals surface area contributed by atoms with E-state index in [-0.39, 0.29) is 17.6 Å². The largest absolute Gasteiger partial charge is 0.465 e. The number of amides is 1. The summed E-state index contributed by atoms with van der Waals surface area (Å²) in [5.41, 5.74) is 2.33. The van der Waals surface area contributed by atoms with E-state index >= 15 is 0 Å². The number of rotatable bonds is 8. The first-order valence-corrected chi connectivity index (χ1v) is 10.1. The first-order chi connectivity index (χ1) is 15.2. The number of carbonyl (C=O) groups is 1. The first-order valence-electron chi connectivity index (χ1n) is 10.1. The summed E-state index contributed by atoms with van der Waals surface area (Å²) >= 11 is 0. The summed E-state index contributed by atoms with van der Waals surface area (Å²) in [5, 5.41) is 15.1. The fourth-order valence-electron chi connectivity index (χ4n) is 3.25. The van der Waals surface area contributed by atoms with Gasteiger partial charge in [-0.15, -0.1) is 5.10 Å². The number of carbonyl (C=O) groups excluding carboxylic acids is 1. The van der Waals surface area contributed by atoms with Crippen molar-refractivity contribution in [2.75, 3.05) is 0 Å². The molecular weight excluding hydrogens is 390 g/mol. The minimum absolute atomic E-state index is 0.0376. The van der Waals surface area contributed by atoms with E-state index in [0.29, 0.717) is 11.6 Å². The van der Waals surface area contributed by atoms with Crippen molar-refractivity contribution >= 4 is 17.7 Å². The van der Waals surface area contributed by atoms with Crippen molar-refractivity contribution in [3.8, 4) is 11.4 Å². The molecule has 4 rings (SSSR count). The Morgan fingerprint density at radius 1 is 1.06 bits per heavy atom. The number of benzene rings is 2. The lowest BCUT2D eigenvalue weighted by atomic mass is 10.1. The Balaban J connectivity index is 1.57. The molecule has 1 N–H and O–H groups in total. The molecule has 2 aromatic carbocycles. The van der Waals surface area contributed by atoms with Gasteiger partial charge in [0.05, 0.1) is 6.26 Å². The van der Waals surface area contributed by atoms with E-state index in [0.717, 1.165) is 18.4 Å². The predicted octanol–water partition coefficient (Wildman–Crippen LogP) is 4.07. The highest BCUT2D eigenvalue weighted by molar-refractivity contribution is 6.18. The van der Waals surface area contributed by atoms with Crippen LogP contribution in [0.15, 0.2) is 83.5 Å². The first kappa shape index (κ1) is 20.3. The third-order valence-corrected chi connectivity index (χ3v) is 4.87. The third-order valence-electron chi connectivity index (χ3n) is 4.87. The monoisotopic (exact) mass is 413 g/mol. The van der Waals surface area contributed by atoms with E-state index in [9.17, 15) is 4.79 Å². The Kier molecular flexibility index (Phi) is 6.32. The van der Waals surface area contributed by atoms with E-state index in [1.54, 1.807) is 24.5 Å². The van der Waals surface area contributed by atoms with E-state index in [2.05, 4.69) is 33.0 Å². The molecule has 2 aromatic heterocycles. The van der Waals surface area contributed by atoms with Crippen LogP contribution in [0.1, 0.15) is 24.7 Å². The quantitative estimate of drug-likeness (QED) is 0.440. The fourth-order valence-corrected chi connectivity index (χ4v) is 3.25. The van der Waals surface area contributed by atoms with Gasteiger partial charge in [-0.2, -0.15) is 4.68 Å². The Hall–Kier alpha value is -4.00. The number of tetrazole rings is 1. The van der Waals surface area contributed by atoms with Crippen molar-refractivity contribution in [3.05, 3.63) is 90.4 Å². The maximum absolute atomic E-state index is 13.2. The lowest BCUT2D eigenvalue weighted by Gasteiger charge is -2.16. The van der Waals surface area contributed by atoms with Crippen molar-refractivity contribution in [1.82, 2.24) is 25.5 Å². The summed E-state index contributed by atoms with van der Waals surface area (Å²) in [6, 6.07) is 23.2. The molecule has 4 aromatic rings. The number of nitrogens with one attached hydrogen (secondary N) is 1. The molecule has 2 heterocycles. The lowest BCUT2D eigenvalue weighted by Crippen LogP contribution is -2.35. The van der Waals surface area contributed by atoms with Crippen molar-refractivity contribution < 1.29 is 9.21 Å². The van der Waals surface area contributed by atoms with Crippen LogP contribution in [0.4, 0.5) is 0 Å². The zero-order valence-corrected chi connectivity index (χ0v) is 17.2. The standard InChI is InChI=1S/C24H23N5O2/c1-18(14-15-19-9-4-2-5-10-19)25-24(30)22(17-21-13-8-16-31-21)29-23(26-27-28-29)20-11-6-3-7-12-20/h2-13,16-18H,14-15H2,1H3,(H,25,30)/b22-17-. The lowest BCUT2D eigenvalue weighted by molar-refractivity contribution is -0.116. The minimum atomic E-state index is -0.276. The van der Waals surface area contributed by atoms with Gasteiger partial charge >= 0.3 is 0 Å². The zero-order valence-electron chi connectivity index (χ0n) is 17.2. The van der Waals surface area contributed by atoms with Crippen LogP contribution < -0.4 is 5.32 Å². The van der Waals surface area contributed by atoms with E-state index in [1.165, 1.54) is 10.2 Å². The van der Waals surface area contributed by atoms with Gasteiger partial charge < -0.3 is 9.73 Å². The van der Waals surface area contributed by atoms with Gasteiger partial charge in [0.1, 0.15) is 11.5 Å². The highest BCUT2D eigenvalue weighted by Gasteiger charge is 2.21. The highest BCUT2D eigenvalue weighted by atomic mass is 16.3.